The third-order valence-corrected chi connectivity index (χ3v) is 5.23. The first-order valence-electron chi connectivity index (χ1n) is 5.24. The number of benzene rings is 1. The molecular formula is C11H11FN2O2S2. The number of nitrogens with zero attached hydrogens (tertiary/aromatic N) is 1. The lowest BCUT2D eigenvalue weighted by atomic mass is 10.2. The molecule has 0 radical (unpaired) electrons. The molecule has 0 bridgehead atoms. The number of nitrogens with one attached hydrogen (secondary N) is 1. The number of aromatic nitrogens is 1. The van der Waals surface area contributed by atoms with E-state index in [1.54, 1.807) is 19.1 Å². The van der Waals surface area contributed by atoms with Gasteiger partial charge in [0.25, 0.3) is 10.0 Å². The Morgan fingerprint density at radius 3 is 2.61 bits per heavy atom. The fourth-order valence-corrected chi connectivity index (χ4v) is 3.59. The highest BCUT2D eigenvalue weighted by molar-refractivity contribution is 7.91. The van der Waals surface area contributed by atoms with E-state index in [9.17, 15) is 12.8 Å². The summed E-state index contributed by atoms with van der Waals surface area (Å²) in [6.07, 6.45) is 1.31. The largest absolute Gasteiger partial charge is 0.251 e. The molecule has 4 nitrogen and oxygen atoms in total. The van der Waals surface area contributed by atoms with Gasteiger partial charge in [0.1, 0.15) is 10.8 Å². The minimum atomic E-state index is -3.47. The van der Waals surface area contributed by atoms with Crippen LogP contribution in [0.3, 0.4) is 0 Å². The van der Waals surface area contributed by atoms with Gasteiger partial charge in [0, 0.05) is 12.1 Å². The fraction of sp³-hybridized carbons (Fsp3) is 0.182. The standard InChI is InChI=1S/C11H11FN2O2S2/c1-2-14-18(15,16)10-7-13-11(17-10)8-3-5-9(12)6-4-8/h3-7,14H,2H2,1H3. The summed E-state index contributed by atoms with van der Waals surface area (Å²) in [7, 11) is -3.47. The molecule has 1 aromatic carbocycles. The van der Waals surface area contributed by atoms with Crippen LogP contribution in [0.4, 0.5) is 4.39 Å². The Labute approximate surface area is 109 Å². The molecule has 18 heavy (non-hydrogen) atoms. The summed E-state index contributed by atoms with van der Waals surface area (Å²) in [5, 5.41) is 0.548. The molecule has 0 atom stereocenters. The molecule has 0 saturated heterocycles. The molecule has 1 heterocycles. The molecule has 0 aliphatic rings. The molecular weight excluding hydrogens is 275 g/mol. The van der Waals surface area contributed by atoms with Crippen LogP contribution in [0, 0.1) is 5.82 Å². The predicted molar refractivity (Wildman–Crippen MR) is 68.4 cm³/mol. The van der Waals surface area contributed by atoms with Crippen molar-refractivity contribution in [2.45, 2.75) is 11.1 Å². The Hall–Kier alpha value is -1.31. The second-order valence-electron chi connectivity index (χ2n) is 3.49. The van der Waals surface area contributed by atoms with E-state index < -0.39 is 10.0 Å². The predicted octanol–water partition coefficient (Wildman–Crippen LogP) is 2.25. The van der Waals surface area contributed by atoms with Crippen LogP contribution in [0.25, 0.3) is 10.6 Å². The van der Waals surface area contributed by atoms with Crippen molar-refractivity contribution in [3.63, 3.8) is 0 Å². The Morgan fingerprint density at radius 2 is 2.00 bits per heavy atom. The first-order chi connectivity index (χ1) is 8.53. The monoisotopic (exact) mass is 286 g/mol. The van der Waals surface area contributed by atoms with Gasteiger partial charge in [-0.2, -0.15) is 0 Å². The van der Waals surface area contributed by atoms with Gasteiger partial charge in [-0.3, -0.25) is 0 Å². The van der Waals surface area contributed by atoms with Gasteiger partial charge in [0.2, 0.25) is 0 Å². The van der Waals surface area contributed by atoms with Crippen molar-refractivity contribution in [3.8, 4) is 10.6 Å². The molecule has 2 aromatic rings. The van der Waals surface area contributed by atoms with Crippen molar-refractivity contribution in [1.29, 1.82) is 0 Å². The second-order valence-corrected chi connectivity index (χ2v) is 6.52. The normalized spacial score (nSPS) is 11.7. The van der Waals surface area contributed by atoms with Gasteiger partial charge in [-0.15, -0.1) is 11.3 Å². The summed E-state index contributed by atoms with van der Waals surface area (Å²) in [6.45, 7) is 2.03. The molecule has 1 N–H and O–H groups in total. The van der Waals surface area contributed by atoms with Crippen LogP contribution in [0.1, 0.15) is 6.92 Å². The van der Waals surface area contributed by atoms with E-state index in [0.29, 0.717) is 17.1 Å². The third kappa shape index (κ3) is 2.74. The van der Waals surface area contributed by atoms with Crippen LogP contribution in [-0.2, 0) is 10.0 Å². The highest BCUT2D eigenvalue weighted by Gasteiger charge is 2.17. The average molecular weight is 286 g/mol. The van der Waals surface area contributed by atoms with E-state index in [2.05, 4.69) is 9.71 Å². The van der Waals surface area contributed by atoms with Crippen LogP contribution in [0.15, 0.2) is 34.7 Å². The topological polar surface area (TPSA) is 59.1 Å². The molecule has 0 aliphatic heterocycles. The Bertz CT molecular complexity index is 635. The molecule has 0 aliphatic carbocycles. The molecule has 0 saturated carbocycles. The van der Waals surface area contributed by atoms with Crippen LogP contribution in [0.5, 0.6) is 0 Å². The number of sulfonamides is 1. The number of hydrogen-bond acceptors (Lipinski definition) is 4. The summed E-state index contributed by atoms with van der Waals surface area (Å²) in [5.41, 5.74) is 0.694. The van der Waals surface area contributed by atoms with Gasteiger partial charge < -0.3 is 0 Å². The smallest absolute Gasteiger partial charge is 0.243 e. The van der Waals surface area contributed by atoms with E-state index in [4.69, 9.17) is 0 Å². The summed E-state index contributed by atoms with van der Waals surface area (Å²) >= 11 is 1.05. The van der Waals surface area contributed by atoms with Crippen molar-refractivity contribution in [3.05, 3.63) is 36.3 Å². The summed E-state index contributed by atoms with van der Waals surface area (Å²) in [5.74, 6) is -0.337. The van der Waals surface area contributed by atoms with Gasteiger partial charge in [-0.25, -0.2) is 22.5 Å². The van der Waals surface area contributed by atoms with E-state index in [1.165, 1.54) is 18.3 Å². The lowest BCUT2D eigenvalue weighted by Crippen LogP contribution is -2.22. The number of rotatable bonds is 4. The minimum absolute atomic E-state index is 0.156. The Kier molecular flexibility index (Phi) is 3.74. The molecule has 1 aromatic heterocycles. The molecule has 0 unspecified atom stereocenters. The molecule has 0 amide bonds. The lowest BCUT2D eigenvalue weighted by Gasteiger charge is -1.99. The SMILES string of the molecule is CCNS(=O)(=O)c1cnc(-c2ccc(F)cc2)s1. The maximum Gasteiger partial charge on any atom is 0.251 e. The maximum absolute atomic E-state index is 12.8. The van der Waals surface area contributed by atoms with Crippen LogP contribution in [0.2, 0.25) is 0 Å². The van der Waals surface area contributed by atoms with Gasteiger partial charge in [0.05, 0.1) is 6.20 Å². The quantitative estimate of drug-likeness (QED) is 0.937. The summed E-state index contributed by atoms with van der Waals surface area (Å²) in [4.78, 5) is 4.04. The van der Waals surface area contributed by atoms with E-state index >= 15 is 0 Å². The van der Waals surface area contributed by atoms with Gasteiger partial charge in [0.15, 0.2) is 4.21 Å². The average Bonchev–Trinajstić information content (AvgIpc) is 2.80. The number of halogens is 1. The van der Waals surface area contributed by atoms with Gasteiger partial charge in [-0.05, 0) is 24.3 Å². The third-order valence-electron chi connectivity index (χ3n) is 2.17. The number of thiazole rings is 1. The van der Waals surface area contributed by atoms with Crippen molar-refractivity contribution in [2.24, 2.45) is 0 Å². The van der Waals surface area contributed by atoms with Crippen LogP contribution in [-0.4, -0.2) is 19.9 Å². The van der Waals surface area contributed by atoms with E-state index in [-0.39, 0.29) is 10.0 Å². The number of hydrogen-bond donors (Lipinski definition) is 1. The van der Waals surface area contributed by atoms with Crippen LogP contribution < -0.4 is 4.72 Å². The lowest BCUT2D eigenvalue weighted by molar-refractivity contribution is 0.586. The molecule has 0 fully saturated rings. The van der Waals surface area contributed by atoms with Crippen molar-refractivity contribution < 1.29 is 12.8 Å². The molecule has 2 rings (SSSR count). The first kappa shape index (κ1) is 13.1. The van der Waals surface area contributed by atoms with E-state index in [0.717, 1.165) is 11.3 Å². The van der Waals surface area contributed by atoms with Crippen molar-refractivity contribution >= 4 is 21.4 Å². The molecule has 0 spiro atoms. The van der Waals surface area contributed by atoms with Crippen LogP contribution >= 0.6 is 11.3 Å². The Balaban J connectivity index is 2.34. The second kappa shape index (κ2) is 5.13. The fourth-order valence-electron chi connectivity index (χ4n) is 1.37. The zero-order valence-electron chi connectivity index (χ0n) is 9.55. The first-order valence-corrected chi connectivity index (χ1v) is 7.54. The van der Waals surface area contributed by atoms with Crippen molar-refractivity contribution in [2.75, 3.05) is 6.54 Å². The molecule has 96 valence electrons. The maximum atomic E-state index is 12.8. The van der Waals surface area contributed by atoms with E-state index in [1.807, 2.05) is 0 Å². The minimum Gasteiger partial charge on any atom is -0.243 e. The molecule has 7 heteroatoms. The zero-order chi connectivity index (χ0) is 13.2. The summed E-state index contributed by atoms with van der Waals surface area (Å²) in [6, 6.07) is 5.76. The Morgan fingerprint density at radius 1 is 1.33 bits per heavy atom. The highest BCUT2D eigenvalue weighted by atomic mass is 32.2. The zero-order valence-corrected chi connectivity index (χ0v) is 11.2. The van der Waals surface area contributed by atoms with Gasteiger partial charge >= 0.3 is 0 Å². The highest BCUT2D eigenvalue weighted by Crippen LogP contribution is 2.27. The van der Waals surface area contributed by atoms with Gasteiger partial charge in [-0.1, -0.05) is 6.92 Å². The van der Waals surface area contributed by atoms with Crippen molar-refractivity contribution in [1.82, 2.24) is 9.71 Å². The summed E-state index contributed by atoms with van der Waals surface area (Å²) < 4.78 is 38.8.